The van der Waals surface area contributed by atoms with Crippen molar-refractivity contribution in [1.82, 2.24) is 9.80 Å². The van der Waals surface area contributed by atoms with Crippen LogP contribution in [-0.2, 0) is 4.79 Å². The lowest BCUT2D eigenvalue weighted by Crippen LogP contribution is -2.45. The van der Waals surface area contributed by atoms with Gasteiger partial charge in [0.2, 0.25) is 5.91 Å². The first kappa shape index (κ1) is 16.8. The molecule has 2 saturated heterocycles. The summed E-state index contributed by atoms with van der Waals surface area (Å²) < 4.78 is 0. The lowest BCUT2D eigenvalue weighted by Gasteiger charge is -2.33. The number of hydrogen-bond donors (Lipinski definition) is 1. The summed E-state index contributed by atoms with van der Waals surface area (Å²) in [5.41, 5.74) is 0. The Morgan fingerprint density at radius 1 is 1.14 bits per heavy atom. The first-order valence-electron chi connectivity index (χ1n) is 8.76. The molecule has 4 nitrogen and oxygen atoms in total. The minimum atomic E-state index is -0.403. The maximum atomic E-state index is 11.7. The number of aliphatic hydroxyl groups excluding tert-OH is 1. The molecule has 1 N–H and O–H groups in total. The molecule has 2 aliphatic rings. The largest absolute Gasteiger partial charge is 0.390 e. The summed E-state index contributed by atoms with van der Waals surface area (Å²) in [4.78, 5) is 16.0. The Morgan fingerprint density at radius 2 is 1.95 bits per heavy atom. The van der Waals surface area contributed by atoms with E-state index in [2.05, 4.69) is 18.7 Å². The van der Waals surface area contributed by atoms with Crippen LogP contribution in [0, 0.1) is 5.92 Å². The Hall–Kier alpha value is -0.610. The van der Waals surface area contributed by atoms with Crippen LogP contribution in [0.15, 0.2) is 0 Å². The number of aliphatic hydroxyl groups is 1. The summed E-state index contributed by atoms with van der Waals surface area (Å²) in [6.45, 7) is 7.73. The second-order valence-electron chi connectivity index (χ2n) is 7.22. The van der Waals surface area contributed by atoms with Crippen molar-refractivity contribution < 1.29 is 9.90 Å². The van der Waals surface area contributed by atoms with Crippen LogP contribution >= 0.6 is 0 Å². The molecular formula is C17H32N2O2. The fourth-order valence-corrected chi connectivity index (χ4v) is 3.77. The van der Waals surface area contributed by atoms with E-state index in [1.165, 1.54) is 32.1 Å². The molecule has 0 saturated carbocycles. The van der Waals surface area contributed by atoms with Gasteiger partial charge in [-0.15, -0.1) is 0 Å². The SMILES string of the molecule is CC(C)CC1CCCCCN1CC(O)CN1CCCC1=O. The van der Waals surface area contributed by atoms with Crippen molar-refractivity contribution in [3.63, 3.8) is 0 Å². The van der Waals surface area contributed by atoms with Gasteiger partial charge in [0.15, 0.2) is 0 Å². The van der Waals surface area contributed by atoms with Crippen LogP contribution in [0.5, 0.6) is 0 Å². The van der Waals surface area contributed by atoms with Crippen molar-refractivity contribution in [3.05, 3.63) is 0 Å². The normalized spacial score (nSPS) is 26.4. The molecule has 0 aromatic heterocycles. The van der Waals surface area contributed by atoms with Crippen molar-refractivity contribution in [2.45, 2.75) is 70.9 Å². The quantitative estimate of drug-likeness (QED) is 0.817. The maximum absolute atomic E-state index is 11.7. The molecule has 2 unspecified atom stereocenters. The predicted octanol–water partition coefficient (Wildman–Crippen LogP) is 2.26. The zero-order valence-corrected chi connectivity index (χ0v) is 13.8. The lowest BCUT2D eigenvalue weighted by atomic mass is 9.98. The van der Waals surface area contributed by atoms with Gasteiger partial charge in [0.1, 0.15) is 0 Å². The molecule has 2 heterocycles. The zero-order valence-electron chi connectivity index (χ0n) is 13.8. The number of carbonyl (C=O) groups excluding carboxylic acids is 1. The highest BCUT2D eigenvalue weighted by molar-refractivity contribution is 5.78. The third-order valence-electron chi connectivity index (χ3n) is 4.79. The minimum Gasteiger partial charge on any atom is -0.390 e. The van der Waals surface area contributed by atoms with Crippen LogP contribution < -0.4 is 0 Å². The number of β-amino-alcohol motifs (C(OH)–C–C–N with tert-alkyl or cyclic N) is 1. The fraction of sp³-hybridized carbons (Fsp3) is 0.941. The van der Waals surface area contributed by atoms with Gasteiger partial charge in [-0.25, -0.2) is 0 Å². The highest BCUT2D eigenvalue weighted by atomic mass is 16.3. The van der Waals surface area contributed by atoms with Crippen molar-refractivity contribution in [1.29, 1.82) is 0 Å². The Labute approximate surface area is 129 Å². The molecule has 2 fully saturated rings. The second-order valence-corrected chi connectivity index (χ2v) is 7.22. The smallest absolute Gasteiger partial charge is 0.222 e. The summed E-state index contributed by atoms with van der Waals surface area (Å²) >= 11 is 0. The van der Waals surface area contributed by atoms with Gasteiger partial charge in [0, 0.05) is 32.1 Å². The van der Waals surface area contributed by atoms with Gasteiger partial charge < -0.3 is 10.0 Å². The van der Waals surface area contributed by atoms with E-state index in [1.807, 2.05) is 4.90 Å². The van der Waals surface area contributed by atoms with Gasteiger partial charge in [0.05, 0.1) is 6.10 Å². The number of nitrogens with zero attached hydrogens (tertiary/aromatic N) is 2. The zero-order chi connectivity index (χ0) is 15.2. The van der Waals surface area contributed by atoms with Crippen LogP contribution in [-0.4, -0.2) is 59.1 Å². The number of amides is 1. The average Bonchev–Trinajstić information content (AvgIpc) is 2.68. The van der Waals surface area contributed by atoms with Gasteiger partial charge in [0.25, 0.3) is 0 Å². The molecule has 122 valence electrons. The summed E-state index contributed by atoms with van der Waals surface area (Å²) in [5, 5.41) is 10.4. The molecule has 0 radical (unpaired) electrons. The van der Waals surface area contributed by atoms with Gasteiger partial charge in [-0.3, -0.25) is 9.69 Å². The maximum Gasteiger partial charge on any atom is 0.222 e. The van der Waals surface area contributed by atoms with Crippen molar-refractivity contribution in [3.8, 4) is 0 Å². The van der Waals surface area contributed by atoms with Crippen molar-refractivity contribution >= 4 is 5.91 Å². The van der Waals surface area contributed by atoms with E-state index >= 15 is 0 Å². The number of likely N-dealkylation sites (tertiary alicyclic amines) is 2. The molecule has 2 aliphatic heterocycles. The van der Waals surface area contributed by atoms with E-state index in [0.29, 0.717) is 24.9 Å². The minimum absolute atomic E-state index is 0.212. The van der Waals surface area contributed by atoms with E-state index in [-0.39, 0.29) is 5.91 Å². The van der Waals surface area contributed by atoms with Gasteiger partial charge in [-0.2, -0.15) is 0 Å². The van der Waals surface area contributed by atoms with E-state index in [4.69, 9.17) is 0 Å². The summed E-state index contributed by atoms with van der Waals surface area (Å²) in [6.07, 6.45) is 7.55. The summed E-state index contributed by atoms with van der Waals surface area (Å²) in [6, 6.07) is 0.608. The Kier molecular flexibility index (Phi) is 6.49. The monoisotopic (exact) mass is 296 g/mol. The molecule has 0 bridgehead atoms. The van der Waals surface area contributed by atoms with Gasteiger partial charge >= 0.3 is 0 Å². The Morgan fingerprint density at radius 3 is 2.62 bits per heavy atom. The van der Waals surface area contributed by atoms with Gasteiger partial charge in [-0.05, 0) is 38.1 Å². The molecule has 2 rings (SSSR count). The number of carbonyl (C=O) groups is 1. The molecule has 0 spiro atoms. The van der Waals surface area contributed by atoms with E-state index in [9.17, 15) is 9.90 Å². The van der Waals surface area contributed by atoms with Crippen LogP contribution in [0.3, 0.4) is 0 Å². The van der Waals surface area contributed by atoms with Crippen LogP contribution in [0.1, 0.15) is 58.8 Å². The first-order valence-corrected chi connectivity index (χ1v) is 8.76. The highest BCUT2D eigenvalue weighted by Gasteiger charge is 2.27. The molecule has 4 heteroatoms. The topological polar surface area (TPSA) is 43.8 Å². The average molecular weight is 296 g/mol. The molecular weight excluding hydrogens is 264 g/mol. The molecule has 2 atom stereocenters. The van der Waals surface area contributed by atoms with Crippen LogP contribution in [0.4, 0.5) is 0 Å². The molecule has 0 aromatic rings. The standard InChI is InChI=1S/C17H32N2O2/c1-14(2)11-15-7-4-3-5-9-18(15)12-16(20)13-19-10-6-8-17(19)21/h14-16,20H,3-13H2,1-2H3. The van der Waals surface area contributed by atoms with Crippen LogP contribution in [0.2, 0.25) is 0 Å². The van der Waals surface area contributed by atoms with Crippen molar-refractivity contribution in [2.24, 2.45) is 5.92 Å². The highest BCUT2D eigenvalue weighted by Crippen LogP contribution is 2.23. The van der Waals surface area contributed by atoms with E-state index in [1.54, 1.807) is 0 Å². The van der Waals surface area contributed by atoms with E-state index < -0.39 is 6.10 Å². The lowest BCUT2D eigenvalue weighted by molar-refractivity contribution is -0.129. The molecule has 0 aliphatic carbocycles. The van der Waals surface area contributed by atoms with Crippen LogP contribution in [0.25, 0.3) is 0 Å². The summed E-state index contributed by atoms with van der Waals surface area (Å²) in [7, 11) is 0. The third kappa shape index (κ3) is 5.26. The number of hydrogen-bond acceptors (Lipinski definition) is 3. The second kappa shape index (κ2) is 8.14. The molecule has 1 amide bonds. The first-order chi connectivity index (χ1) is 10.1. The van der Waals surface area contributed by atoms with Gasteiger partial charge in [-0.1, -0.05) is 26.7 Å². The Bertz CT molecular complexity index is 333. The Balaban J connectivity index is 1.85. The van der Waals surface area contributed by atoms with E-state index in [0.717, 1.165) is 26.1 Å². The fourth-order valence-electron chi connectivity index (χ4n) is 3.77. The molecule has 21 heavy (non-hydrogen) atoms. The van der Waals surface area contributed by atoms with Crippen molar-refractivity contribution in [2.75, 3.05) is 26.2 Å². The summed E-state index contributed by atoms with van der Waals surface area (Å²) in [5.74, 6) is 0.913. The number of rotatable bonds is 6. The predicted molar refractivity (Wildman–Crippen MR) is 85.1 cm³/mol. The third-order valence-corrected chi connectivity index (χ3v) is 4.79. The molecule has 0 aromatic carbocycles.